The topological polar surface area (TPSA) is 29.4 Å². The number of hydrogen-bond acceptors (Lipinski definition) is 2. The molecular formula is C10H10FNO. The molecule has 0 fully saturated rings. The molecule has 0 saturated carbocycles. The summed E-state index contributed by atoms with van der Waals surface area (Å²) >= 11 is 0. The van der Waals surface area contributed by atoms with Crippen LogP contribution in [0.5, 0.6) is 0 Å². The summed E-state index contributed by atoms with van der Waals surface area (Å²) in [5, 5.41) is 0. The van der Waals surface area contributed by atoms with Crippen molar-refractivity contribution in [3.63, 3.8) is 0 Å². The Kier molecular flexibility index (Phi) is 3.35. The van der Waals surface area contributed by atoms with E-state index in [0.717, 1.165) is 12.0 Å². The quantitative estimate of drug-likeness (QED) is 0.398. The lowest BCUT2D eigenvalue weighted by Gasteiger charge is -2.01. The molecule has 0 bridgehead atoms. The van der Waals surface area contributed by atoms with Crippen LogP contribution in [0.4, 0.5) is 4.39 Å². The van der Waals surface area contributed by atoms with Crippen molar-refractivity contribution in [3.05, 3.63) is 35.4 Å². The molecule has 2 nitrogen and oxygen atoms in total. The first-order valence-electron chi connectivity index (χ1n) is 4.07. The van der Waals surface area contributed by atoms with Gasteiger partial charge in [-0.05, 0) is 12.0 Å². The fraction of sp³-hybridized carbons (Fsp3) is 0.300. The molecule has 0 saturated heterocycles. The number of isocyanates is 1. The van der Waals surface area contributed by atoms with E-state index in [1.165, 1.54) is 6.08 Å². The van der Waals surface area contributed by atoms with Gasteiger partial charge in [0.05, 0.1) is 0 Å². The lowest BCUT2D eigenvalue weighted by Crippen LogP contribution is -1.88. The molecule has 0 amide bonds. The normalized spacial score (nSPS) is 11.8. The van der Waals surface area contributed by atoms with Crippen LogP contribution in [0.25, 0.3) is 0 Å². The maximum absolute atomic E-state index is 12.9. The summed E-state index contributed by atoms with van der Waals surface area (Å²) in [7, 11) is 0. The van der Waals surface area contributed by atoms with Crippen LogP contribution in [0.1, 0.15) is 24.3 Å². The zero-order valence-electron chi connectivity index (χ0n) is 7.33. The number of rotatable bonds is 3. The predicted octanol–water partition coefficient (Wildman–Crippen LogP) is 2.55. The van der Waals surface area contributed by atoms with Crippen molar-refractivity contribution >= 4 is 6.08 Å². The third-order valence-electron chi connectivity index (χ3n) is 1.83. The van der Waals surface area contributed by atoms with Gasteiger partial charge in [0.15, 0.2) is 0 Å². The summed E-state index contributed by atoms with van der Waals surface area (Å²) in [6.45, 7) is 2.02. The van der Waals surface area contributed by atoms with E-state index in [1.807, 2.05) is 19.1 Å². The van der Waals surface area contributed by atoms with Crippen LogP contribution in [0.3, 0.4) is 0 Å². The summed E-state index contributed by atoms with van der Waals surface area (Å²) in [5.74, 6) is 0. The molecule has 13 heavy (non-hydrogen) atoms. The van der Waals surface area contributed by atoms with Crippen molar-refractivity contribution in [1.82, 2.24) is 0 Å². The Bertz CT molecular complexity index is 314. The van der Waals surface area contributed by atoms with E-state index in [-0.39, 0.29) is 0 Å². The Morgan fingerprint density at radius 2 is 2.08 bits per heavy atom. The molecular weight excluding hydrogens is 169 g/mol. The highest BCUT2D eigenvalue weighted by molar-refractivity contribution is 5.35. The van der Waals surface area contributed by atoms with Crippen molar-refractivity contribution in [1.29, 1.82) is 0 Å². The first-order chi connectivity index (χ1) is 6.27. The molecule has 0 spiro atoms. The Morgan fingerprint density at radius 1 is 1.46 bits per heavy atom. The molecule has 68 valence electrons. The molecule has 0 aliphatic carbocycles. The average molecular weight is 179 g/mol. The molecule has 1 aromatic rings. The van der Waals surface area contributed by atoms with Crippen molar-refractivity contribution < 1.29 is 9.18 Å². The van der Waals surface area contributed by atoms with Crippen LogP contribution >= 0.6 is 0 Å². The summed E-state index contributed by atoms with van der Waals surface area (Å²) in [6.07, 6.45) is 0.525. The maximum Gasteiger partial charge on any atom is 0.238 e. The second-order valence-corrected chi connectivity index (χ2v) is 2.65. The zero-order chi connectivity index (χ0) is 9.68. The highest BCUT2D eigenvalue weighted by Crippen LogP contribution is 2.18. The fourth-order valence-electron chi connectivity index (χ4n) is 1.03. The SMILES string of the molecule is CCc1ccc(C(F)N=C=O)cc1. The number of aryl methyl sites for hydroxylation is 1. The number of nitrogens with zero attached hydrogens (tertiary/aromatic N) is 1. The van der Waals surface area contributed by atoms with E-state index < -0.39 is 6.30 Å². The van der Waals surface area contributed by atoms with Crippen LogP contribution in [-0.4, -0.2) is 6.08 Å². The Hall–Kier alpha value is -1.47. The number of benzene rings is 1. The molecule has 1 rings (SSSR count). The van der Waals surface area contributed by atoms with Gasteiger partial charge in [-0.25, -0.2) is 9.18 Å². The van der Waals surface area contributed by atoms with E-state index in [2.05, 4.69) is 4.99 Å². The van der Waals surface area contributed by atoms with Gasteiger partial charge in [-0.2, -0.15) is 4.99 Å². The summed E-state index contributed by atoms with van der Waals surface area (Å²) in [5.41, 5.74) is 1.52. The van der Waals surface area contributed by atoms with Gasteiger partial charge in [0.2, 0.25) is 12.4 Å². The molecule has 0 heterocycles. The third kappa shape index (κ3) is 2.49. The van der Waals surface area contributed by atoms with Crippen molar-refractivity contribution in [3.8, 4) is 0 Å². The first kappa shape index (κ1) is 9.62. The largest absolute Gasteiger partial charge is 0.238 e. The smallest absolute Gasteiger partial charge is 0.215 e. The van der Waals surface area contributed by atoms with E-state index in [4.69, 9.17) is 0 Å². The van der Waals surface area contributed by atoms with E-state index in [9.17, 15) is 9.18 Å². The standard InChI is InChI=1S/C10H10FNO/c1-2-8-3-5-9(6-4-8)10(11)12-7-13/h3-6,10H,2H2,1H3. The molecule has 0 aromatic heterocycles. The monoisotopic (exact) mass is 179 g/mol. The van der Waals surface area contributed by atoms with E-state index in [0.29, 0.717) is 5.56 Å². The minimum Gasteiger partial charge on any atom is -0.215 e. The molecule has 1 unspecified atom stereocenters. The minimum atomic E-state index is -1.58. The molecule has 0 aliphatic rings. The number of aliphatic imine (C=N–C) groups is 1. The Labute approximate surface area is 76.1 Å². The lowest BCUT2D eigenvalue weighted by molar-refractivity contribution is 0.356. The van der Waals surface area contributed by atoms with Crippen LogP contribution < -0.4 is 0 Å². The number of halogens is 1. The van der Waals surface area contributed by atoms with Crippen molar-refractivity contribution in [2.75, 3.05) is 0 Å². The van der Waals surface area contributed by atoms with Crippen LogP contribution in [0, 0.1) is 0 Å². The first-order valence-corrected chi connectivity index (χ1v) is 4.07. The second kappa shape index (κ2) is 4.53. The fourth-order valence-corrected chi connectivity index (χ4v) is 1.03. The third-order valence-corrected chi connectivity index (χ3v) is 1.83. The summed E-state index contributed by atoms with van der Waals surface area (Å²) < 4.78 is 12.9. The van der Waals surface area contributed by atoms with Gasteiger partial charge in [-0.1, -0.05) is 31.2 Å². The van der Waals surface area contributed by atoms with Crippen molar-refractivity contribution in [2.24, 2.45) is 4.99 Å². The van der Waals surface area contributed by atoms with Gasteiger partial charge >= 0.3 is 0 Å². The number of carbonyl (C=O) groups excluding carboxylic acids is 1. The van der Waals surface area contributed by atoms with Crippen molar-refractivity contribution in [2.45, 2.75) is 19.6 Å². The van der Waals surface area contributed by atoms with Gasteiger partial charge in [0.25, 0.3) is 0 Å². The van der Waals surface area contributed by atoms with Crippen LogP contribution in [0.2, 0.25) is 0 Å². The van der Waals surface area contributed by atoms with Crippen LogP contribution in [-0.2, 0) is 11.2 Å². The van der Waals surface area contributed by atoms with Gasteiger partial charge < -0.3 is 0 Å². The number of hydrogen-bond donors (Lipinski definition) is 0. The van der Waals surface area contributed by atoms with Crippen LogP contribution in [0.15, 0.2) is 29.3 Å². The lowest BCUT2D eigenvalue weighted by atomic mass is 10.1. The molecule has 0 aliphatic heterocycles. The molecule has 3 heteroatoms. The van der Waals surface area contributed by atoms with Gasteiger partial charge in [-0.15, -0.1) is 0 Å². The summed E-state index contributed by atoms with van der Waals surface area (Å²) in [6, 6.07) is 6.90. The van der Waals surface area contributed by atoms with E-state index >= 15 is 0 Å². The Morgan fingerprint density at radius 3 is 2.54 bits per heavy atom. The zero-order valence-corrected chi connectivity index (χ0v) is 7.33. The second-order valence-electron chi connectivity index (χ2n) is 2.65. The highest BCUT2D eigenvalue weighted by atomic mass is 19.1. The minimum absolute atomic E-state index is 0.389. The average Bonchev–Trinajstić information content (AvgIpc) is 2.18. The van der Waals surface area contributed by atoms with Gasteiger partial charge in [0.1, 0.15) is 0 Å². The van der Waals surface area contributed by atoms with Gasteiger partial charge in [0, 0.05) is 5.56 Å². The predicted molar refractivity (Wildman–Crippen MR) is 47.8 cm³/mol. The molecule has 1 atom stereocenters. The van der Waals surface area contributed by atoms with E-state index in [1.54, 1.807) is 12.1 Å². The highest BCUT2D eigenvalue weighted by Gasteiger charge is 2.05. The molecule has 0 radical (unpaired) electrons. The molecule has 0 N–H and O–H groups in total. The van der Waals surface area contributed by atoms with Gasteiger partial charge in [-0.3, -0.25) is 0 Å². The maximum atomic E-state index is 12.9. The number of alkyl halides is 1. The summed E-state index contributed by atoms with van der Waals surface area (Å²) in [4.78, 5) is 12.8. The Balaban J connectivity index is 2.85. The molecule has 1 aromatic carbocycles.